The summed E-state index contributed by atoms with van der Waals surface area (Å²) in [4.78, 5) is 0. The maximum Gasteiger partial charge on any atom is 0.115 e. The molecule has 0 bridgehead atoms. The highest BCUT2D eigenvalue weighted by atomic mass is 28.3. The fourth-order valence-electron chi connectivity index (χ4n) is 3.86. The number of rotatable bonds is 5. The summed E-state index contributed by atoms with van der Waals surface area (Å²) in [6, 6.07) is 6.13. The first-order valence-electron chi connectivity index (χ1n) is 7.94. The summed E-state index contributed by atoms with van der Waals surface area (Å²) in [6.07, 6.45) is 11.0. The summed E-state index contributed by atoms with van der Waals surface area (Å²) < 4.78 is 0. The first-order valence-corrected chi connectivity index (χ1v) is 10.6. The lowest BCUT2D eigenvalue weighted by Gasteiger charge is -2.32. The number of aryl methyl sites for hydroxylation is 3. The average molecular weight is 285 g/mol. The van der Waals surface area contributed by atoms with Gasteiger partial charge in [-0.05, 0) is 38.4 Å². The lowest BCUT2D eigenvalue weighted by Crippen LogP contribution is -2.49. The van der Waals surface area contributed by atoms with E-state index in [2.05, 4.69) is 64.6 Å². The molecule has 0 saturated heterocycles. The van der Waals surface area contributed by atoms with Crippen LogP contribution in [0, 0.1) is 20.8 Å². The average Bonchev–Trinajstić information content (AvgIpc) is 2.89. The number of hydrogen-bond donors (Lipinski definition) is 0. The second-order valence-corrected chi connectivity index (χ2v) is 10.7. The first-order chi connectivity index (χ1) is 9.49. The lowest BCUT2D eigenvalue weighted by atomic mass is 10.1. The molecule has 1 aromatic rings. The Hall–Kier alpha value is -1.08. The maximum atomic E-state index is 2.58. The van der Waals surface area contributed by atoms with Crippen molar-refractivity contribution in [2.75, 3.05) is 0 Å². The van der Waals surface area contributed by atoms with E-state index in [1.165, 1.54) is 35.6 Å². The molecule has 1 atom stereocenters. The molecule has 0 aromatic heterocycles. The molecule has 0 aliphatic heterocycles. The largest absolute Gasteiger partial charge is 0.115 e. The second kappa shape index (κ2) is 6.13. The van der Waals surface area contributed by atoms with E-state index >= 15 is 0 Å². The molecule has 1 aliphatic carbocycles. The highest BCUT2D eigenvalue weighted by Gasteiger charge is 2.35. The predicted molar refractivity (Wildman–Crippen MR) is 93.5 cm³/mol. The van der Waals surface area contributed by atoms with E-state index in [9.17, 15) is 0 Å². The van der Waals surface area contributed by atoms with Crippen LogP contribution in [-0.4, -0.2) is 8.07 Å². The van der Waals surface area contributed by atoms with Gasteiger partial charge in [0.25, 0.3) is 0 Å². The van der Waals surface area contributed by atoms with Crippen molar-refractivity contribution in [3.8, 4) is 0 Å². The van der Waals surface area contributed by atoms with E-state index in [0.717, 1.165) is 6.42 Å². The number of unbranched alkanes of at least 4 members (excludes halogenated alkanes) is 1. The Labute approximate surface area is 125 Å². The smallest absolute Gasteiger partial charge is 0.0811 e. The summed E-state index contributed by atoms with van der Waals surface area (Å²) in [6.45, 7) is 11.7. The van der Waals surface area contributed by atoms with Crippen LogP contribution in [0.1, 0.15) is 42.9 Å². The van der Waals surface area contributed by atoms with Crippen LogP contribution in [-0.2, 0) is 0 Å². The van der Waals surface area contributed by atoms with Gasteiger partial charge < -0.3 is 0 Å². The van der Waals surface area contributed by atoms with Crippen molar-refractivity contribution in [1.29, 1.82) is 0 Å². The van der Waals surface area contributed by atoms with E-state index < -0.39 is 8.07 Å². The molecule has 0 N–H and O–H groups in total. The minimum atomic E-state index is -1.55. The Morgan fingerprint density at radius 3 is 2.25 bits per heavy atom. The van der Waals surface area contributed by atoms with Gasteiger partial charge in [-0.25, -0.2) is 0 Å². The van der Waals surface area contributed by atoms with Crippen molar-refractivity contribution in [3.63, 3.8) is 0 Å². The van der Waals surface area contributed by atoms with Crippen molar-refractivity contribution in [1.82, 2.24) is 0 Å². The van der Waals surface area contributed by atoms with Gasteiger partial charge in [-0.3, -0.25) is 0 Å². The fraction of sp³-hybridized carbons (Fsp3) is 0.474. The Balaban J connectivity index is 2.54. The maximum absolute atomic E-state index is 2.58. The van der Waals surface area contributed by atoms with Crippen LogP contribution >= 0.6 is 0 Å². The summed E-state index contributed by atoms with van der Waals surface area (Å²) in [5.74, 6) is 0. The number of allylic oxidation sites excluding steroid dienone is 4. The highest BCUT2D eigenvalue weighted by Crippen LogP contribution is 2.29. The molecule has 1 aliphatic rings. The number of hydrogen-bond acceptors (Lipinski definition) is 0. The van der Waals surface area contributed by atoms with Gasteiger partial charge in [0.1, 0.15) is 8.07 Å². The monoisotopic (exact) mass is 284 g/mol. The van der Waals surface area contributed by atoms with Crippen LogP contribution in [0.25, 0.3) is 0 Å². The van der Waals surface area contributed by atoms with Crippen LogP contribution in [0.4, 0.5) is 0 Å². The molecule has 1 unspecified atom stereocenters. The summed E-state index contributed by atoms with van der Waals surface area (Å²) in [7, 11) is -1.55. The SMILES string of the molecule is CCCC[Si](C)(C1=CCC=C1)c1c(C)cc(C)cc1C. The van der Waals surface area contributed by atoms with Gasteiger partial charge in [-0.15, -0.1) is 0 Å². The van der Waals surface area contributed by atoms with Gasteiger partial charge in [-0.1, -0.05) is 78.6 Å². The zero-order valence-corrected chi connectivity index (χ0v) is 14.7. The molecule has 20 heavy (non-hydrogen) atoms. The topological polar surface area (TPSA) is 0 Å². The van der Waals surface area contributed by atoms with Crippen molar-refractivity contribution in [3.05, 3.63) is 52.2 Å². The fourth-order valence-corrected chi connectivity index (χ4v) is 8.69. The molecule has 0 saturated carbocycles. The zero-order valence-electron chi connectivity index (χ0n) is 13.7. The highest BCUT2D eigenvalue weighted by molar-refractivity contribution is 6.97. The van der Waals surface area contributed by atoms with Gasteiger partial charge in [0.15, 0.2) is 0 Å². The molecule has 0 amide bonds. The molecule has 0 nitrogen and oxygen atoms in total. The molecular formula is C19H28Si. The first kappa shape index (κ1) is 15.3. The van der Waals surface area contributed by atoms with E-state index in [1.807, 2.05) is 0 Å². The molecule has 0 fully saturated rings. The van der Waals surface area contributed by atoms with Crippen LogP contribution in [0.15, 0.2) is 35.6 Å². The van der Waals surface area contributed by atoms with E-state index in [1.54, 1.807) is 10.4 Å². The third-order valence-corrected chi connectivity index (χ3v) is 9.56. The minimum Gasteiger partial charge on any atom is -0.0811 e. The van der Waals surface area contributed by atoms with Gasteiger partial charge in [0, 0.05) is 0 Å². The van der Waals surface area contributed by atoms with E-state index in [4.69, 9.17) is 0 Å². The van der Waals surface area contributed by atoms with Crippen molar-refractivity contribution < 1.29 is 0 Å². The Morgan fingerprint density at radius 2 is 1.75 bits per heavy atom. The molecule has 108 valence electrons. The standard InChI is InChI=1S/C19H28Si/c1-6-7-12-20(5,18-10-8-9-11-18)19-16(3)13-15(2)14-17(19)4/h8,10-11,13-14H,6-7,9,12H2,1-5H3. The van der Waals surface area contributed by atoms with Crippen molar-refractivity contribution >= 4 is 13.3 Å². The third-order valence-electron chi connectivity index (χ3n) is 4.67. The van der Waals surface area contributed by atoms with Gasteiger partial charge in [0.05, 0.1) is 0 Å². The van der Waals surface area contributed by atoms with Gasteiger partial charge in [-0.2, -0.15) is 0 Å². The summed E-state index contributed by atoms with van der Waals surface area (Å²) >= 11 is 0. The molecular weight excluding hydrogens is 256 g/mol. The van der Waals surface area contributed by atoms with Crippen LogP contribution < -0.4 is 5.19 Å². The Kier molecular flexibility index (Phi) is 4.69. The number of benzene rings is 1. The quantitative estimate of drug-likeness (QED) is 0.658. The van der Waals surface area contributed by atoms with Gasteiger partial charge >= 0.3 is 0 Å². The minimum absolute atomic E-state index is 1.13. The Morgan fingerprint density at radius 1 is 1.10 bits per heavy atom. The normalized spacial score (nSPS) is 17.1. The molecule has 1 heteroatoms. The second-order valence-electron chi connectivity index (χ2n) is 6.51. The van der Waals surface area contributed by atoms with Gasteiger partial charge in [0.2, 0.25) is 0 Å². The molecule has 0 radical (unpaired) electrons. The molecule has 0 spiro atoms. The van der Waals surface area contributed by atoms with Crippen LogP contribution in [0.2, 0.25) is 12.6 Å². The molecule has 2 rings (SSSR count). The van der Waals surface area contributed by atoms with Crippen molar-refractivity contribution in [2.24, 2.45) is 0 Å². The summed E-state index contributed by atoms with van der Waals surface area (Å²) in [5.41, 5.74) is 4.41. The van der Waals surface area contributed by atoms with E-state index in [-0.39, 0.29) is 0 Å². The third kappa shape index (κ3) is 2.83. The van der Waals surface area contributed by atoms with Crippen molar-refractivity contribution in [2.45, 2.75) is 59.5 Å². The summed E-state index contributed by atoms with van der Waals surface area (Å²) in [5, 5.41) is 3.34. The van der Waals surface area contributed by atoms with E-state index in [0.29, 0.717) is 0 Å². The zero-order chi connectivity index (χ0) is 14.8. The molecule has 0 heterocycles. The Bertz CT molecular complexity index is 528. The van der Waals surface area contributed by atoms with Crippen LogP contribution in [0.5, 0.6) is 0 Å². The molecule has 1 aromatic carbocycles. The predicted octanol–water partition coefficient (Wildman–Crippen LogP) is 5.12. The van der Waals surface area contributed by atoms with Crippen LogP contribution in [0.3, 0.4) is 0 Å². The lowest BCUT2D eigenvalue weighted by molar-refractivity contribution is 0.871.